The Morgan fingerprint density at radius 2 is 1.43 bits per heavy atom. The summed E-state index contributed by atoms with van der Waals surface area (Å²) in [6.07, 6.45) is 0. The highest BCUT2D eigenvalue weighted by atomic mass is 35.5. The van der Waals surface area contributed by atoms with E-state index in [0.29, 0.717) is 0 Å². The minimum atomic E-state index is -0.375. The molecule has 0 aromatic rings. The highest BCUT2D eigenvalue weighted by Gasteiger charge is 2.05. The molecule has 0 aliphatic carbocycles. The van der Waals surface area contributed by atoms with Crippen molar-refractivity contribution in [2.24, 2.45) is 0 Å². The summed E-state index contributed by atoms with van der Waals surface area (Å²) in [7, 11) is 0. The first-order valence-electron chi connectivity index (χ1n) is 1.94. The third kappa shape index (κ3) is 10.7. The molecule has 0 bridgehead atoms. The van der Waals surface area contributed by atoms with Gasteiger partial charge in [-0.05, 0) is 20.8 Å². The molecule has 0 aliphatic heterocycles. The summed E-state index contributed by atoms with van der Waals surface area (Å²) in [5.74, 6) is 0. The Labute approximate surface area is 49.6 Å². The molecular formula is C4H11ClFN. The molecule has 0 heterocycles. The lowest BCUT2D eigenvalue weighted by Gasteiger charge is -2.11. The number of halogens is 2. The van der Waals surface area contributed by atoms with Crippen LogP contribution in [-0.2, 0) is 0 Å². The van der Waals surface area contributed by atoms with Crippen molar-refractivity contribution in [2.75, 3.05) is 0 Å². The lowest BCUT2D eigenvalue weighted by molar-refractivity contribution is 0.218. The molecule has 0 saturated heterocycles. The van der Waals surface area contributed by atoms with Gasteiger partial charge in [-0.1, -0.05) is 0 Å². The Hall–Kier alpha value is 0.180. The van der Waals surface area contributed by atoms with Gasteiger partial charge < -0.3 is 0 Å². The third-order valence-corrected chi connectivity index (χ3v) is 0.283. The highest BCUT2D eigenvalue weighted by Crippen LogP contribution is 1.95. The molecule has 7 heavy (non-hydrogen) atoms. The summed E-state index contributed by atoms with van der Waals surface area (Å²) in [6.45, 7) is 5.27. The van der Waals surface area contributed by atoms with Crippen molar-refractivity contribution in [3.63, 3.8) is 0 Å². The van der Waals surface area contributed by atoms with Crippen molar-refractivity contribution in [1.29, 1.82) is 0 Å². The standard InChI is InChI=1S/C4H10FN.ClH/c1-4(2,3)6-5;/h6H,1-3H3;1H. The van der Waals surface area contributed by atoms with E-state index in [9.17, 15) is 4.48 Å². The van der Waals surface area contributed by atoms with Crippen molar-refractivity contribution in [1.82, 2.24) is 5.54 Å². The van der Waals surface area contributed by atoms with Crippen LogP contribution in [0.4, 0.5) is 4.48 Å². The van der Waals surface area contributed by atoms with Crippen LogP contribution in [0.2, 0.25) is 0 Å². The predicted molar refractivity (Wildman–Crippen MR) is 31.2 cm³/mol. The Kier molecular flexibility index (Phi) is 4.70. The second-order valence-electron chi connectivity index (χ2n) is 2.34. The second kappa shape index (κ2) is 3.22. The molecule has 0 saturated carbocycles. The maximum Gasteiger partial charge on any atom is 0.0397 e. The van der Waals surface area contributed by atoms with Crippen molar-refractivity contribution >= 4 is 12.4 Å². The summed E-state index contributed by atoms with van der Waals surface area (Å²) in [6, 6.07) is 0. The molecule has 0 amide bonds. The zero-order valence-corrected chi connectivity index (χ0v) is 5.60. The van der Waals surface area contributed by atoms with Gasteiger partial charge in [-0.15, -0.1) is 16.9 Å². The van der Waals surface area contributed by atoms with Crippen LogP contribution in [0.5, 0.6) is 0 Å². The molecule has 0 rings (SSSR count). The maximum atomic E-state index is 11.2. The summed E-state index contributed by atoms with van der Waals surface area (Å²) >= 11 is 0. The largest absolute Gasteiger partial charge is 0.154 e. The Balaban J connectivity index is 0. The maximum absolute atomic E-state index is 11.2. The van der Waals surface area contributed by atoms with E-state index in [0.717, 1.165) is 0 Å². The van der Waals surface area contributed by atoms with E-state index in [4.69, 9.17) is 0 Å². The molecular weight excluding hydrogens is 117 g/mol. The van der Waals surface area contributed by atoms with Crippen molar-refractivity contribution in [2.45, 2.75) is 26.3 Å². The predicted octanol–water partition coefficient (Wildman–Crippen LogP) is 1.68. The van der Waals surface area contributed by atoms with E-state index < -0.39 is 0 Å². The first kappa shape index (κ1) is 10.2. The zero-order chi connectivity index (χ0) is 5.21. The van der Waals surface area contributed by atoms with Crippen molar-refractivity contribution in [3.8, 4) is 0 Å². The van der Waals surface area contributed by atoms with Crippen LogP contribution < -0.4 is 5.54 Å². The number of hydrogen-bond acceptors (Lipinski definition) is 1. The molecule has 0 atom stereocenters. The van der Waals surface area contributed by atoms with Gasteiger partial charge in [0.25, 0.3) is 0 Å². The SMILES string of the molecule is CC(C)(C)NF.Cl. The van der Waals surface area contributed by atoms with Crippen LogP contribution >= 0.6 is 12.4 Å². The lowest BCUT2D eigenvalue weighted by atomic mass is 10.1. The molecule has 0 aliphatic rings. The number of nitrogens with one attached hydrogen (secondary N) is 1. The van der Waals surface area contributed by atoms with Gasteiger partial charge in [0.2, 0.25) is 0 Å². The van der Waals surface area contributed by atoms with Gasteiger partial charge in [0.15, 0.2) is 0 Å². The summed E-state index contributed by atoms with van der Waals surface area (Å²) in [5, 5.41) is 0. The van der Waals surface area contributed by atoms with E-state index in [-0.39, 0.29) is 17.9 Å². The fraction of sp³-hybridized carbons (Fsp3) is 1.00. The van der Waals surface area contributed by atoms with Gasteiger partial charge in [0.1, 0.15) is 0 Å². The quantitative estimate of drug-likeness (QED) is 0.489. The Morgan fingerprint density at radius 3 is 1.43 bits per heavy atom. The first-order chi connectivity index (χ1) is 2.56. The molecule has 3 heteroatoms. The monoisotopic (exact) mass is 127 g/mol. The highest BCUT2D eigenvalue weighted by molar-refractivity contribution is 5.85. The smallest absolute Gasteiger partial charge is 0.0397 e. The van der Waals surface area contributed by atoms with E-state index in [1.54, 1.807) is 26.3 Å². The first-order valence-corrected chi connectivity index (χ1v) is 1.94. The van der Waals surface area contributed by atoms with Crippen molar-refractivity contribution in [3.05, 3.63) is 0 Å². The molecule has 1 nitrogen and oxygen atoms in total. The number of rotatable bonds is 0. The van der Waals surface area contributed by atoms with E-state index in [1.807, 2.05) is 0 Å². The van der Waals surface area contributed by atoms with Crippen LogP contribution in [0.3, 0.4) is 0 Å². The molecule has 0 unspecified atom stereocenters. The molecule has 0 spiro atoms. The Morgan fingerprint density at radius 1 is 1.29 bits per heavy atom. The molecule has 0 radical (unpaired) electrons. The van der Waals surface area contributed by atoms with Crippen LogP contribution in [-0.4, -0.2) is 5.54 Å². The van der Waals surface area contributed by atoms with Gasteiger partial charge in [0, 0.05) is 5.54 Å². The Bertz CT molecular complexity index is 41.4. The van der Waals surface area contributed by atoms with E-state index in [2.05, 4.69) is 0 Å². The molecule has 46 valence electrons. The lowest BCUT2D eigenvalue weighted by Crippen LogP contribution is -2.28. The van der Waals surface area contributed by atoms with E-state index in [1.165, 1.54) is 0 Å². The van der Waals surface area contributed by atoms with Crippen molar-refractivity contribution < 1.29 is 4.48 Å². The number of hydrogen-bond donors (Lipinski definition) is 1. The molecule has 0 aromatic carbocycles. The summed E-state index contributed by atoms with van der Waals surface area (Å²) in [5.41, 5.74) is 1.23. The van der Waals surface area contributed by atoms with Gasteiger partial charge in [-0.25, -0.2) is 0 Å². The average Bonchev–Trinajstić information content (AvgIpc) is 1.35. The van der Waals surface area contributed by atoms with Crippen LogP contribution in [0.1, 0.15) is 20.8 Å². The van der Waals surface area contributed by atoms with Gasteiger partial charge in [-0.3, -0.25) is 0 Å². The fourth-order valence-electron chi connectivity index (χ4n) is 0. The molecule has 0 fully saturated rings. The second-order valence-corrected chi connectivity index (χ2v) is 2.34. The normalized spacial score (nSPS) is 10.3. The summed E-state index contributed by atoms with van der Waals surface area (Å²) < 4.78 is 11.2. The molecule has 0 aromatic heterocycles. The minimum absolute atomic E-state index is 0. The van der Waals surface area contributed by atoms with Gasteiger partial charge >= 0.3 is 0 Å². The molecule has 1 N–H and O–H groups in total. The topological polar surface area (TPSA) is 12.0 Å². The van der Waals surface area contributed by atoms with Crippen LogP contribution in [0, 0.1) is 0 Å². The minimum Gasteiger partial charge on any atom is -0.154 e. The van der Waals surface area contributed by atoms with Crippen LogP contribution in [0.15, 0.2) is 0 Å². The zero-order valence-electron chi connectivity index (χ0n) is 4.79. The van der Waals surface area contributed by atoms with E-state index >= 15 is 0 Å². The summed E-state index contributed by atoms with van der Waals surface area (Å²) in [4.78, 5) is 0. The third-order valence-electron chi connectivity index (χ3n) is 0.283. The average molecular weight is 128 g/mol. The van der Waals surface area contributed by atoms with Crippen LogP contribution in [0.25, 0.3) is 0 Å². The fourth-order valence-corrected chi connectivity index (χ4v) is 0. The van der Waals surface area contributed by atoms with Gasteiger partial charge in [0.05, 0.1) is 0 Å². The van der Waals surface area contributed by atoms with Gasteiger partial charge in [-0.2, -0.15) is 5.54 Å².